The second kappa shape index (κ2) is 12.1. The number of nitrogens with zero attached hydrogens (tertiary/aromatic N) is 1. The van der Waals surface area contributed by atoms with Crippen LogP contribution in [0.2, 0.25) is 10.0 Å². The highest BCUT2D eigenvalue weighted by atomic mass is 35.5. The van der Waals surface area contributed by atoms with Crippen molar-refractivity contribution in [3.05, 3.63) is 94.0 Å². The Bertz CT molecular complexity index is 1250. The molecule has 1 fully saturated rings. The van der Waals surface area contributed by atoms with Gasteiger partial charge in [-0.1, -0.05) is 53.5 Å². The van der Waals surface area contributed by atoms with Crippen molar-refractivity contribution in [2.45, 2.75) is 30.3 Å². The van der Waals surface area contributed by atoms with Gasteiger partial charge in [0.15, 0.2) is 0 Å². The number of halogens is 3. The van der Waals surface area contributed by atoms with Crippen LogP contribution >= 0.6 is 35.6 Å². The Balaban J connectivity index is 0.00000342. The van der Waals surface area contributed by atoms with Crippen LogP contribution in [0.25, 0.3) is 0 Å². The van der Waals surface area contributed by atoms with Crippen LogP contribution in [-0.4, -0.2) is 38.4 Å². The summed E-state index contributed by atoms with van der Waals surface area (Å²) in [4.78, 5) is 15.1. The fourth-order valence-electron chi connectivity index (χ4n) is 3.92. The van der Waals surface area contributed by atoms with Gasteiger partial charge in [0.05, 0.1) is 5.02 Å². The number of likely N-dealkylation sites (tertiary alicyclic amines) is 1. The minimum Gasteiger partial charge on any atom is -0.349 e. The Morgan fingerprint density at radius 1 is 0.943 bits per heavy atom. The lowest BCUT2D eigenvalue weighted by atomic mass is 10.0. The lowest BCUT2D eigenvalue weighted by molar-refractivity contribution is 0.0908. The van der Waals surface area contributed by atoms with Crippen LogP contribution in [0.1, 0.15) is 28.8 Å². The number of carbonyl (C=O) groups is 1. The fourth-order valence-corrected chi connectivity index (χ4v) is 5.64. The van der Waals surface area contributed by atoms with Crippen LogP contribution in [-0.2, 0) is 16.6 Å². The molecule has 3 aromatic carbocycles. The standard InChI is InChI=1S/C25H25Cl2N3O3S.ClH/c26-20-7-9-22(10-8-20)29-34(32,33)24-16-19(6-11-23(24)27)25(31)28-21-12-14-30(15-13-21)17-18-4-2-1-3-5-18;/h1-11,16,21,29H,12-15,17H2,(H,28,31);1H. The van der Waals surface area contributed by atoms with Crippen LogP contribution in [0.15, 0.2) is 77.7 Å². The molecule has 0 spiro atoms. The minimum atomic E-state index is -3.99. The topological polar surface area (TPSA) is 78.5 Å². The molecule has 2 N–H and O–H groups in total. The lowest BCUT2D eigenvalue weighted by Gasteiger charge is -2.32. The average Bonchev–Trinajstić information content (AvgIpc) is 2.82. The molecule has 0 radical (unpaired) electrons. The molecule has 10 heteroatoms. The number of hydrogen-bond donors (Lipinski definition) is 2. The molecule has 6 nitrogen and oxygen atoms in total. The molecule has 0 saturated carbocycles. The number of carbonyl (C=O) groups excluding carboxylic acids is 1. The summed E-state index contributed by atoms with van der Waals surface area (Å²) in [5.41, 5.74) is 1.86. The first-order chi connectivity index (χ1) is 16.3. The highest BCUT2D eigenvalue weighted by Gasteiger charge is 2.24. The highest BCUT2D eigenvalue weighted by Crippen LogP contribution is 2.26. The maximum Gasteiger partial charge on any atom is 0.263 e. The number of benzene rings is 3. The van der Waals surface area contributed by atoms with Crippen molar-refractivity contribution >= 4 is 57.2 Å². The van der Waals surface area contributed by atoms with Crippen molar-refractivity contribution in [2.75, 3.05) is 17.8 Å². The summed E-state index contributed by atoms with van der Waals surface area (Å²) in [6, 6.07) is 20.9. The van der Waals surface area contributed by atoms with Crippen molar-refractivity contribution in [3.63, 3.8) is 0 Å². The molecule has 1 amide bonds. The third kappa shape index (κ3) is 7.35. The van der Waals surface area contributed by atoms with Gasteiger partial charge in [-0.3, -0.25) is 14.4 Å². The summed E-state index contributed by atoms with van der Waals surface area (Å²) in [6.45, 7) is 2.65. The number of nitrogens with one attached hydrogen (secondary N) is 2. The molecule has 0 bridgehead atoms. The van der Waals surface area contributed by atoms with Crippen LogP contribution in [0.3, 0.4) is 0 Å². The van der Waals surface area contributed by atoms with Crippen molar-refractivity contribution in [2.24, 2.45) is 0 Å². The molecule has 1 aliphatic rings. The predicted molar refractivity (Wildman–Crippen MR) is 143 cm³/mol. The van der Waals surface area contributed by atoms with Crippen LogP contribution < -0.4 is 10.0 Å². The van der Waals surface area contributed by atoms with Gasteiger partial charge in [0, 0.05) is 41.9 Å². The summed E-state index contributed by atoms with van der Waals surface area (Å²) in [6.07, 6.45) is 1.66. The third-order valence-corrected chi connectivity index (χ3v) is 7.87. The second-order valence-corrected chi connectivity index (χ2v) is 10.8. The van der Waals surface area contributed by atoms with Crippen LogP contribution in [0, 0.1) is 0 Å². The number of rotatable bonds is 7. The van der Waals surface area contributed by atoms with Gasteiger partial charge in [0.25, 0.3) is 15.9 Å². The van der Waals surface area contributed by atoms with E-state index < -0.39 is 10.0 Å². The third-order valence-electron chi connectivity index (χ3n) is 5.75. The SMILES string of the molecule is Cl.O=C(NC1CCN(Cc2ccccc2)CC1)c1ccc(Cl)c(S(=O)(=O)Nc2ccc(Cl)cc2)c1. The van der Waals surface area contributed by atoms with Gasteiger partial charge in [-0.15, -0.1) is 12.4 Å². The predicted octanol–water partition coefficient (Wildman–Crippen LogP) is 5.61. The van der Waals surface area contributed by atoms with Gasteiger partial charge in [-0.25, -0.2) is 8.42 Å². The van der Waals surface area contributed by atoms with E-state index in [2.05, 4.69) is 27.1 Å². The van der Waals surface area contributed by atoms with E-state index in [1.807, 2.05) is 18.2 Å². The molecular formula is C25H26Cl3N3O3S. The van der Waals surface area contributed by atoms with E-state index in [0.717, 1.165) is 32.5 Å². The quantitative estimate of drug-likeness (QED) is 0.398. The molecule has 3 aromatic rings. The summed E-state index contributed by atoms with van der Waals surface area (Å²) >= 11 is 12.0. The van der Waals surface area contributed by atoms with E-state index in [4.69, 9.17) is 23.2 Å². The summed E-state index contributed by atoms with van der Waals surface area (Å²) in [5, 5.41) is 3.56. The monoisotopic (exact) mass is 553 g/mol. The fraction of sp³-hybridized carbons (Fsp3) is 0.240. The summed E-state index contributed by atoms with van der Waals surface area (Å²) in [5.74, 6) is -0.318. The van der Waals surface area contributed by atoms with E-state index in [1.165, 1.54) is 23.8 Å². The molecule has 1 saturated heterocycles. The number of sulfonamides is 1. The molecule has 4 rings (SSSR count). The molecule has 1 heterocycles. The van der Waals surface area contributed by atoms with Gasteiger partial charge in [-0.05, 0) is 60.9 Å². The van der Waals surface area contributed by atoms with Crippen LogP contribution in [0.4, 0.5) is 5.69 Å². The van der Waals surface area contributed by atoms with Gasteiger partial charge in [-0.2, -0.15) is 0 Å². The Kier molecular flexibility index (Phi) is 9.44. The van der Waals surface area contributed by atoms with Crippen molar-refractivity contribution < 1.29 is 13.2 Å². The molecule has 186 valence electrons. The molecule has 1 aliphatic heterocycles. The number of anilines is 1. The Morgan fingerprint density at radius 2 is 1.60 bits per heavy atom. The molecule has 0 atom stereocenters. The largest absolute Gasteiger partial charge is 0.349 e. The van der Waals surface area contributed by atoms with Crippen molar-refractivity contribution in [1.29, 1.82) is 0 Å². The van der Waals surface area contributed by atoms with Gasteiger partial charge in [0.1, 0.15) is 4.90 Å². The first-order valence-electron chi connectivity index (χ1n) is 11.0. The number of hydrogen-bond acceptors (Lipinski definition) is 4. The normalized spacial score (nSPS) is 14.7. The van der Waals surface area contributed by atoms with E-state index in [9.17, 15) is 13.2 Å². The average molecular weight is 555 g/mol. The zero-order valence-corrected chi connectivity index (χ0v) is 21.9. The zero-order chi connectivity index (χ0) is 24.1. The highest BCUT2D eigenvalue weighted by molar-refractivity contribution is 7.92. The zero-order valence-electron chi connectivity index (χ0n) is 18.8. The van der Waals surface area contributed by atoms with E-state index in [1.54, 1.807) is 24.3 Å². The van der Waals surface area contributed by atoms with Gasteiger partial charge in [0.2, 0.25) is 0 Å². The molecule has 35 heavy (non-hydrogen) atoms. The molecule has 0 aromatic heterocycles. The first-order valence-corrected chi connectivity index (χ1v) is 13.2. The van der Waals surface area contributed by atoms with Crippen molar-refractivity contribution in [3.8, 4) is 0 Å². The maximum absolute atomic E-state index is 12.9. The molecule has 0 unspecified atom stereocenters. The Labute approximate surface area is 222 Å². The molecule has 0 aliphatic carbocycles. The lowest BCUT2D eigenvalue weighted by Crippen LogP contribution is -2.44. The van der Waals surface area contributed by atoms with Crippen LogP contribution in [0.5, 0.6) is 0 Å². The Morgan fingerprint density at radius 3 is 2.26 bits per heavy atom. The number of piperidine rings is 1. The van der Waals surface area contributed by atoms with Gasteiger partial charge < -0.3 is 5.32 Å². The van der Waals surface area contributed by atoms with E-state index in [0.29, 0.717) is 10.7 Å². The molecular weight excluding hydrogens is 529 g/mol. The van der Waals surface area contributed by atoms with E-state index >= 15 is 0 Å². The smallest absolute Gasteiger partial charge is 0.263 e. The van der Waals surface area contributed by atoms with E-state index in [-0.39, 0.29) is 39.8 Å². The maximum atomic E-state index is 12.9. The van der Waals surface area contributed by atoms with Crippen molar-refractivity contribution in [1.82, 2.24) is 10.2 Å². The summed E-state index contributed by atoms with van der Waals surface area (Å²) in [7, 11) is -3.99. The Hall–Kier alpha value is -2.29. The van der Waals surface area contributed by atoms with Gasteiger partial charge >= 0.3 is 0 Å². The second-order valence-electron chi connectivity index (χ2n) is 8.27. The minimum absolute atomic E-state index is 0. The summed E-state index contributed by atoms with van der Waals surface area (Å²) < 4.78 is 28.3. The first kappa shape index (κ1) is 27.3. The number of amides is 1.